The molecule has 0 aliphatic heterocycles. The van der Waals surface area contributed by atoms with E-state index in [1.54, 1.807) is 0 Å². The van der Waals surface area contributed by atoms with Crippen LogP contribution in [0.1, 0.15) is 13.8 Å². The fourth-order valence-corrected chi connectivity index (χ4v) is 2.25. The van der Waals surface area contributed by atoms with Gasteiger partial charge < -0.3 is 10.2 Å². The fraction of sp³-hybridized carbons (Fsp3) is 1.00. The van der Waals surface area contributed by atoms with Crippen LogP contribution in [0.5, 0.6) is 0 Å². The minimum absolute atomic E-state index is 0.850. The number of nitrogens with one attached hydrogen (secondary N) is 2. The average Bonchev–Trinajstić information content (AvgIpc) is 1.53. The summed E-state index contributed by atoms with van der Waals surface area (Å²) in [5.41, 5.74) is 0. The monoisotopic (exact) mass is 182 g/mol. The lowest BCUT2D eigenvalue weighted by atomic mass is 10.7. The number of hydrogen-bond donors (Lipinski definition) is 4. The van der Waals surface area contributed by atoms with E-state index in [0.717, 1.165) is 0 Å². The van der Waals surface area contributed by atoms with E-state index in [2.05, 4.69) is 10.2 Å². The molecule has 6 heteroatoms. The van der Waals surface area contributed by atoms with Gasteiger partial charge in [-0.1, -0.05) is 0 Å². The van der Waals surface area contributed by atoms with E-state index >= 15 is 0 Å². The van der Waals surface area contributed by atoms with Crippen LogP contribution in [-0.2, 0) is 4.57 Å². The average molecular weight is 182 g/mol. The van der Waals surface area contributed by atoms with Crippen LogP contribution < -0.4 is 10.2 Å². The Morgan fingerprint density at radius 1 is 1.18 bits per heavy atom. The van der Waals surface area contributed by atoms with Gasteiger partial charge in [-0.05, 0) is 13.8 Å². The Kier molecular flexibility index (Phi) is 4.21. The molecule has 4 N–H and O–H groups in total. The molecule has 0 fully saturated rings. The van der Waals surface area contributed by atoms with Crippen molar-refractivity contribution in [2.24, 2.45) is 0 Å². The largest absolute Gasteiger partial charge is 0.378 e. The van der Waals surface area contributed by atoms with Crippen LogP contribution in [0.3, 0.4) is 0 Å². The third kappa shape index (κ3) is 6.47. The minimum atomic E-state index is -2.80. The third-order valence-corrected chi connectivity index (χ3v) is 2.60. The lowest BCUT2D eigenvalue weighted by molar-refractivity contribution is 0.169. The van der Waals surface area contributed by atoms with Crippen LogP contribution in [0.25, 0.3) is 0 Å². The van der Waals surface area contributed by atoms with Crippen LogP contribution >= 0.6 is 7.44 Å². The van der Waals surface area contributed by atoms with Crippen LogP contribution in [0.2, 0.25) is 0 Å². The van der Waals surface area contributed by atoms with Crippen molar-refractivity contribution in [1.82, 2.24) is 10.2 Å². The second-order valence-electron chi connectivity index (χ2n) is 2.53. The lowest BCUT2D eigenvalue weighted by Gasteiger charge is -2.19. The normalized spacial score (nSPS) is 22.3. The van der Waals surface area contributed by atoms with Crippen molar-refractivity contribution in [3.8, 4) is 0 Å². The molecule has 0 aliphatic rings. The van der Waals surface area contributed by atoms with Gasteiger partial charge in [0, 0.05) is 6.66 Å². The predicted molar refractivity (Wildman–Crippen MR) is 43.2 cm³/mol. The number of aliphatic hydroxyl groups excluding tert-OH is 2. The van der Waals surface area contributed by atoms with Crippen molar-refractivity contribution < 1.29 is 14.8 Å². The summed E-state index contributed by atoms with van der Waals surface area (Å²) < 4.78 is 11.3. The van der Waals surface area contributed by atoms with Gasteiger partial charge in [0.05, 0.1) is 0 Å². The molecule has 68 valence electrons. The second-order valence-corrected chi connectivity index (χ2v) is 4.90. The Morgan fingerprint density at radius 2 is 1.45 bits per heavy atom. The minimum Gasteiger partial charge on any atom is -0.378 e. The predicted octanol–water partition coefficient (Wildman–Crippen LogP) is -0.335. The van der Waals surface area contributed by atoms with E-state index < -0.39 is 19.9 Å². The van der Waals surface area contributed by atoms with Crippen molar-refractivity contribution in [1.29, 1.82) is 0 Å². The summed E-state index contributed by atoms with van der Waals surface area (Å²) in [6, 6.07) is 0. The Labute approximate surface area is 66.3 Å². The quantitative estimate of drug-likeness (QED) is 0.353. The molecule has 0 heterocycles. The highest BCUT2D eigenvalue weighted by Gasteiger charge is 2.17. The number of aliphatic hydroxyl groups is 2. The van der Waals surface area contributed by atoms with Gasteiger partial charge in [0.25, 0.3) is 0 Å². The standard InChI is InChI=1S/C5H15N2O3P/c1-4(8)6-11(3,10)7-5(2)9/h4-5,8-9H,1-3H3,(H2,6,7,10). The van der Waals surface area contributed by atoms with Crippen molar-refractivity contribution >= 4 is 7.44 Å². The molecule has 0 aromatic rings. The summed E-state index contributed by atoms with van der Waals surface area (Å²) in [7, 11) is -2.80. The van der Waals surface area contributed by atoms with Gasteiger partial charge in [-0.2, -0.15) is 0 Å². The summed E-state index contributed by atoms with van der Waals surface area (Å²) in [4.78, 5) is 0. The zero-order chi connectivity index (χ0) is 9.07. The maximum absolute atomic E-state index is 11.3. The Bertz CT molecular complexity index is 146. The van der Waals surface area contributed by atoms with E-state index in [1.165, 1.54) is 20.5 Å². The van der Waals surface area contributed by atoms with Gasteiger partial charge in [0.15, 0.2) is 0 Å². The molecule has 0 saturated carbocycles. The molecule has 0 spiro atoms. The van der Waals surface area contributed by atoms with Crippen LogP contribution in [0.4, 0.5) is 0 Å². The van der Waals surface area contributed by atoms with E-state index in [0.29, 0.717) is 0 Å². The zero-order valence-electron chi connectivity index (χ0n) is 6.90. The van der Waals surface area contributed by atoms with E-state index in [9.17, 15) is 4.57 Å². The van der Waals surface area contributed by atoms with Crippen molar-refractivity contribution in [2.75, 3.05) is 6.66 Å². The summed E-state index contributed by atoms with van der Waals surface area (Å²) in [6.07, 6.45) is -1.70. The van der Waals surface area contributed by atoms with E-state index in [1.807, 2.05) is 0 Å². The van der Waals surface area contributed by atoms with E-state index in [4.69, 9.17) is 10.2 Å². The first kappa shape index (κ1) is 11.1. The molecule has 0 aromatic heterocycles. The van der Waals surface area contributed by atoms with Gasteiger partial charge in [0.1, 0.15) is 12.5 Å². The Hall–Kier alpha value is 0.0700. The molecular formula is C5H15N2O3P. The molecule has 0 amide bonds. The van der Waals surface area contributed by atoms with Crippen molar-refractivity contribution in [3.63, 3.8) is 0 Å². The first-order valence-corrected chi connectivity index (χ1v) is 5.48. The van der Waals surface area contributed by atoms with E-state index in [-0.39, 0.29) is 0 Å². The van der Waals surface area contributed by atoms with Crippen molar-refractivity contribution in [2.45, 2.75) is 26.3 Å². The summed E-state index contributed by atoms with van der Waals surface area (Å²) in [5.74, 6) is 0. The molecule has 2 atom stereocenters. The molecule has 11 heavy (non-hydrogen) atoms. The van der Waals surface area contributed by atoms with Crippen LogP contribution in [0.15, 0.2) is 0 Å². The molecule has 0 bridgehead atoms. The maximum Gasteiger partial charge on any atom is 0.212 e. The number of hydrogen-bond acceptors (Lipinski definition) is 3. The maximum atomic E-state index is 11.3. The Balaban J connectivity index is 3.91. The highest BCUT2D eigenvalue weighted by molar-refractivity contribution is 7.59. The molecule has 0 rings (SSSR count). The lowest BCUT2D eigenvalue weighted by Crippen LogP contribution is -2.33. The van der Waals surface area contributed by atoms with Gasteiger partial charge in [-0.15, -0.1) is 0 Å². The van der Waals surface area contributed by atoms with Crippen molar-refractivity contribution in [3.05, 3.63) is 0 Å². The van der Waals surface area contributed by atoms with Gasteiger partial charge in [0.2, 0.25) is 7.44 Å². The molecular weight excluding hydrogens is 167 g/mol. The smallest absolute Gasteiger partial charge is 0.212 e. The third-order valence-electron chi connectivity index (χ3n) is 0.866. The number of rotatable bonds is 4. The molecule has 0 aliphatic carbocycles. The second kappa shape index (κ2) is 4.18. The molecule has 2 unspecified atom stereocenters. The highest BCUT2D eigenvalue weighted by atomic mass is 31.2. The van der Waals surface area contributed by atoms with Crippen LogP contribution in [0, 0.1) is 0 Å². The van der Waals surface area contributed by atoms with Gasteiger partial charge in [-0.25, -0.2) is 10.2 Å². The van der Waals surface area contributed by atoms with Gasteiger partial charge in [-0.3, -0.25) is 4.57 Å². The summed E-state index contributed by atoms with van der Waals surface area (Å²) >= 11 is 0. The molecule has 0 saturated heterocycles. The zero-order valence-corrected chi connectivity index (χ0v) is 7.80. The summed E-state index contributed by atoms with van der Waals surface area (Å²) in [6.45, 7) is 4.31. The molecule has 0 aromatic carbocycles. The molecule has 0 radical (unpaired) electrons. The highest BCUT2D eigenvalue weighted by Crippen LogP contribution is 2.30. The fourth-order valence-electron chi connectivity index (χ4n) is 0.750. The summed E-state index contributed by atoms with van der Waals surface area (Å²) in [5, 5.41) is 22.4. The van der Waals surface area contributed by atoms with Gasteiger partial charge >= 0.3 is 0 Å². The molecule has 5 nitrogen and oxygen atoms in total. The van der Waals surface area contributed by atoms with Crippen LogP contribution in [-0.4, -0.2) is 29.3 Å². The SMILES string of the molecule is CC(O)NP(C)(=O)NC(C)O. The first-order chi connectivity index (χ1) is 4.83. The topological polar surface area (TPSA) is 81.6 Å². The Morgan fingerprint density at radius 3 is 1.64 bits per heavy atom. The first-order valence-electron chi connectivity index (χ1n) is 3.33.